The van der Waals surface area contributed by atoms with Crippen molar-refractivity contribution in [1.29, 1.82) is 0 Å². The molecule has 3 nitrogen and oxygen atoms in total. The van der Waals surface area contributed by atoms with Gasteiger partial charge in [0, 0.05) is 24.5 Å². The molecule has 0 aromatic heterocycles. The summed E-state index contributed by atoms with van der Waals surface area (Å²) < 4.78 is 0. The molecule has 1 atom stereocenters. The third-order valence-electron chi connectivity index (χ3n) is 3.08. The van der Waals surface area contributed by atoms with Crippen molar-refractivity contribution >= 4 is 17.5 Å². The van der Waals surface area contributed by atoms with E-state index >= 15 is 0 Å². The van der Waals surface area contributed by atoms with Crippen LogP contribution in [0.5, 0.6) is 0 Å². The summed E-state index contributed by atoms with van der Waals surface area (Å²) in [5.74, 6) is 0.0986. The van der Waals surface area contributed by atoms with Gasteiger partial charge >= 0.3 is 0 Å². The van der Waals surface area contributed by atoms with Crippen molar-refractivity contribution in [2.45, 2.75) is 25.4 Å². The summed E-state index contributed by atoms with van der Waals surface area (Å²) in [6.45, 7) is 1.14. The van der Waals surface area contributed by atoms with Gasteiger partial charge in [0.2, 0.25) is 5.91 Å². The second-order valence-electron chi connectivity index (χ2n) is 4.37. The lowest BCUT2D eigenvalue weighted by atomic mass is 10.1. The number of rotatable bonds is 3. The largest absolute Gasteiger partial charge is 0.391 e. The van der Waals surface area contributed by atoms with Crippen molar-refractivity contribution in [2.24, 2.45) is 0 Å². The Morgan fingerprint density at radius 1 is 1.47 bits per heavy atom. The molecule has 1 heterocycles. The molecule has 2 rings (SSSR count). The molecule has 0 aliphatic carbocycles. The number of amides is 1. The first-order chi connectivity index (χ1) is 8.16. The van der Waals surface area contributed by atoms with Gasteiger partial charge in [-0.25, -0.2) is 0 Å². The van der Waals surface area contributed by atoms with Crippen LogP contribution in [0.1, 0.15) is 18.4 Å². The third-order valence-corrected chi connectivity index (χ3v) is 3.45. The maximum Gasteiger partial charge on any atom is 0.222 e. The van der Waals surface area contributed by atoms with Gasteiger partial charge in [-0.1, -0.05) is 29.8 Å². The fraction of sp³-hybridized carbons (Fsp3) is 0.462. The highest BCUT2D eigenvalue weighted by Crippen LogP contribution is 2.18. The fourth-order valence-electron chi connectivity index (χ4n) is 2.07. The molecule has 1 aliphatic heterocycles. The summed E-state index contributed by atoms with van der Waals surface area (Å²) in [6.07, 6.45) is 1.46. The van der Waals surface area contributed by atoms with Crippen LogP contribution < -0.4 is 0 Å². The van der Waals surface area contributed by atoms with Gasteiger partial charge in [-0.2, -0.15) is 0 Å². The first-order valence-electron chi connectivity index (χ1n) is 5.86. The number of carbonyl (C=O) groups excluding carboxylic acids is 1. The summed E-state index contributed by atoms with van der Waals surface area (Å²) in [7, 11) is 0. The second kappa shape index (κ2) is 5.52. The summed E-state index contributed by atoms with van der Waals surface area (Å²) >= 11 is 6.03. The van der Waals surface area contributed by atoms with Crippen LogP contribution in [-0.4, -0.2) is 35.1 Å². The molecule has 0 spiro atoms. The molecule has 1 saturated heterocycles. The van der Waals surface area contributed by atoms with Gasteiger partial charge in [-0.15, -0.1) is 0 Å². The summed E-state index contributed by atoms with van der Waals surface area (Å²) in [4.78, 5) is 13.6. The number of β-amino-alcohol motifs (C(OH)–C–C–N with tert-alkyl or cyclic N) is 1. The molecule has 0 unspecified atom stereocenters. The maximum atomic E-state index is 11.8. The number of likely N-dealkylation sites (tertiary alicyclic amines) is 1. The van der Waals surface area contributed by atoms with E-state index in [1.165, 1.54) is 0 Å². The summed E-state index contributed by atoms with van der Waals surface area (Å²) in [5.41, 5.74) is 1.00. The monoisotopic (exact) mass is 253 g/mol. The minimum absolute atomic E-state index is 0.0986. The number of aryl methyl sites for hydroxylation is 1. The zero-order valence-corrected chi connectivity index (χ0v) is 10.4. The number of nitrogens with zero attached hydrogens (tertiary/aromatic N) is 1. The fourth-order valence-corrected chi connectivity index (χ4v) is 2.30. The van der Waals surface area contributed by atoms with Gasteiger partial charge in [-0.05, 0) is 24.5 Å². The van der Waals surface area contributed by atoms with Crippen molar-refractivity contribution in [2.75, 3.05) is 13.1 Å². The molecule has 17 heavy (non-hydrogen) atoms. The molecule has 0 saturated carbocycles. The van der Waals surface area contributed by atoms with E-state index in [0.717, 1.165) is 5.56 Å². The molecule has 1 aromatic carbocycles. The Bertz CT molecular complexity index is 408. The molecule has 1 aliphatic rings. The summed E-state index contributed by atoms with van der Waals surface area (Å²) in [6, 6.07) is 7.57. The van der Waals surface area contributed by atoms with Crippen molar-refractivity contribution in [1.82, 2.24) is 4.90 Å². The Hall–Kier alpha value is -1.06. The SMILES string of the molecule is O=C(CCc1ccccc1Cl)N1CC[C@H](O)C1. The number of carbonyl (C=O) groups is 1. The van der Waals surface area contributed by atoms with Gasteiger partial charge in [0.1, 0.15) is 0 Å². The van der Waals surface area contributed by atoms with Gasteiger partial charge in [0.15, 0.2) is 0 Å². The predicted octanol–water partition coefficient (Wildman–Crippen LogP) is 1.87. The van der Waals surface area contributed by atoms with E-state index < -0.39 is 0 Å². The number of hydrogen-bond acceptors (Lipinski definition) is 2. The van der Waals surface area contributed by atoms with Crippen LogP contribution in [0, 0.1) is 0 Å². The topological polar surface area (TPSA) is 40.5 Å². The van der Waals surface area contributed by atoms with Gasteiger partial charge in [-0.3, -0.25) is 4.79 Å². The average Bonchev–Trinajstić information content (AvgIpc) is 2.74. The van der Waals surface area contributed by atoms with Crippen LogP contribution >= 0.6 is 11.6 Å². The minimum atomic E-state index is -0.348. The third kappa shape index (κ3) is 3.20. The molecular weight excluding hydrogens is 238 g/mol. The molecule has 4 heteroatoms. The van der Waals surface area contributed by atoms with E-state index in [4.69, 9.17) is 11.6 Å². The number of aliphatic hydroxyl groups excluding tert-OH is 1. The normalized spacial score (nSPS) is 19.6. The molecular formula is C13H16ClNO2. The first-order valence-corrected chi connectivity index (χ1v) is 6.24. The number of hydrogen-bond donors (Lipinski definition) is 1. The highest BCUT2D eigenvalue weighted by Gasteiger charge is 2.23. The van der Waals surface area contributed by atoms with Crippen molar-refractivity contribution < 1.29 is 9.90 Å². The van der Waals surface area contributed by atoms with Crippen LogP contribution in [0.15, 0.2) is 24.3 Å². The highest BCUT2D eigenvalue weighted by molar-refractivity contribution is 6.31. The quantitative estimate of drug-likeness (QED) is 0.893. The Balaban J connectivity index is 1.86. The average molecular weight is 254 g/mol. The predicted molar refractivity (Wildman–Crippen MR) is 67.0 cm³/mol. The van der Waals surface area contributed by atoms with Gasteiger partial charge in [0.25, 0.3) is 0 Å². The zero-order chi connectivity index (χ0) is 12.3. The Kier molecular flexibility index (Phi) is 4.02. The van der Waals surface area contributed by atoms with E-state index in [0.29, 0.717) is 37.4 Å². The Morgan fingerprint density at radius 3 is 2.88 bits per heavy atom. The van der Waals surface area contributed by atoms with Crippen LogP contribution in [0.25, 0.3) is 0 Å². The first kappa shape index (κ1) is 12.4. The number of benzene rings is 1. The molecule has 1 amide bonds. The molecule has 0 radical (unpaired) electrons. The maximum absolute atomic E-state index is 11.8. The zero-order valence-electron chi connectivity index (χ0n) is 9.60. The lowest BCUT2D eigenvalue weighted by molar-refractivity contribution is -0.130. The number of halogens is 1. The second-order valence-corrected chi connectivity index (χ2v) is 4.78. The van der Waals surface area contributed by atoms with E-state index in [1.807, 2.05) is 24.3 Å². The van der Waals surface area contributed by atoms with E-state index in [2.05, 4.69) is 0 Å². The van der Waals surface area contributed by atoms with Crippen LogP contribution in [0.2, 0.25) is 5.02 Å². The smallest absolute Gasteiger partial charge is 0.222 e. The van der Waals surface area contributed by atoms with E-state index in [9.17, 15) is 9.90 Å². The van der Waals surface area contributed by atoms with Gasteiger partial charge < -0.3 is 10.0 Å². The van der Waals surface area contributed by atoms with Gasteiger partial charge in [0.05, 0.1) is 6.10 Å². The molecule has 1 aromatic rings. The standard InChI is InChI=1S/C13H16ClNO2/c14-12-4-2-1-3-10(12)5-6-13(17)15-8-7-11(16)9-15/h1-4,11,16H,5-9H2/t11-/m0/s1. The number of aliphatic hydroxyl groups is 1. The minimum Gasteiger partial charge on any atom is -0.391 e. The molecule has 0 bridgehead atoms. The molecule has 1 fully saturated rings. The van der Waals surface area contributed by atoms with Crippen LogP contribution in [0.4, 0.5) is 0 Å². The van der Waals surface area contributed by atoms with Crippen LogP contribution in [0.3, 0.4) is 0 Å². The summed E-state index contributed by atoms with van der Waals surface area (Å²) in [5, 5.41) is 10.1. The van der Waals surface area contributed by atoms with E-state index in [-0.39, 0.29) is 12.0 Å². The lowest BCUT2D eigenvalue weighted by Crippen LogP contribution is -2.29. The van der Waals surface area contributed by atoms with Crippen LogP contribution in [-0.2, 0) is 11.2 Å². The molecule has 92 valence electrons. The van der Waals surface area contributed by atoms with Crippen molar-refractivity contribution in [3.8, 4) is 0 Å². The van der Waals surface area contributed by atoms with Crippen molar-refractivity contribution in [3.05, 3.63) is 34.9 Å². The van der Waals surface area contributed by atoms with Crippen molar-refractivity contribution in [3.63, 3.8) is 0 Å². The molecule has 1 N–H and O–H groups in total. The Morgan fingerprint density at radius 2 is 2.24 bits per heavy atom. The Labute approximate surface area is 106 Å². The lowest BCUT2D eigenvalue weighted by Gasteiger charge is -2.15. The van der Waals surface area contributed by atoms with E-state index in [1.54, 1.807) is 4.90 Å². The highest BCUT2D eigenvalue weighted by atomic mass is 35.5.